The van der Waals surface area contributed by atoms with Gasteiger partial charge in [0.15, 0.2) is 0 Å². The second-order valence-electron chi connectivity index (χ2n) is 14.8. The Hall–Kier alpha value is -1.97. The first kappa shape index (κ1) is 39.1. The molecule has 0 bridgehead atoms. The highest BCUT2D eigenvalue weighted by Crippen LogP contribution is 2.41. The first-order chi connectivity index (χ1) is 19.9. The molecule has 1 aliphatic rings. The van der Waals surface area contributed by atoms with E-state index in [0.29, 0.717) is 6.42 Å². The van der Waals surface area contributed by atoms with E-state index in [4.69, 9.17) is 29.3 Å². The van der Waals surface area contributed by atoms with Gasteiger partial charge in [-0.15, -0.1) is 0 Å². The quantitative estimate of drug-likeness (QED) is 0.0651. The van der Waals surface area contributed by atoms with E-state index in [-0.39, 0.29) is 17.8 Å². The summed E-state index contributed by atoms with van der Waals surface area (Å²) in [6.07, 6.45) is 14.6. The molecule has 0 saturated carbocycles. The van der Waals surface area contributed by atoms with Crippen molar-refractivity contribution in [3.8, 4) is 0 Å². The van der Waals surface area contributed by atoms with Gasteiger partial charge in [0.1, 0.15) is 16.8 Å². The second kappa shape index (κ2) is 18.7. The van der Waals surface area contributed by atoms with Gasteiger partial charge in [-0.1, -0.05) is 70.4 Å². The predicted molar refractivity (Wildman–Crippen MR) is 165 cm³/mol. The molecular weight excluding hydrogens is 552 g/mol. The monoisotopic (exact) mass is 612 g/mol. The third-order valence-electron chi connectivity index (χ3n) is 6.90. The smallest absolute Gasteiger partial charge is 0.298 e. The van der Waals surface area contributed by atoms with Gasteiger partial charge in [0.25, 0.3) is 0 Å². The van der Waals surface area contributed by atoms with E-state index in [1.807, 2.05) is 20.8 Å². The van der Waals surface area contributed by atoms with E-state index < -0.39 is 40.6 Å². The lowest BCUT2D eigenvalue weighted by atomic mass is 9.67. The summed E-state index contributed by atoms with van der Waals surface area (Å²) in [4.78, 5) is 70.2. The number of hydrogen-bond acceptors (Lipinski definition) is 9. The zero-order valence-electron chi connectivity index (χ0n) is 28.6. The van der Waals surface area contributed by atoms with Crippen LogP contribution in [0.2, 0.25) is 0 Å². The predicted octanol–water partition coefficient (Wildman–Crippen LogP) is 8.54. The van der Waals surface area contributed by atoms with Crippen molar-refractivity contribution < 1.29 is 43.7 Å². The summed E-state index contributed by atoms with van der Waals surface area (Å²) in [5.41, 5.74) is -1.88. The summed E-state index contributed by atoms with van der Waals surface area (Å²) in [7, 11) is 0. The van der Waals surface area contributed by atoms with Crippen molar-refractivity contribution in [1.82, 2.24) is 0 Å². The summed E-state index contributed by atoms with van der Waals surface area (Å²) in [5.74, 6) is -3.26. The molecule has 0 heterocycles. The molecule has 1 aliphatic carbocycles. The minimum absolute atomic E-state index is 0.161. The standard InChI is InChI=1S/C34H60O9/c1-11-12-17-20-25-23-24-26(21-18-15-13-14-16-19-22-27(35)38-41-32(2,3)4)29(31(37)40-43-34(8,9)10)28(25)30(36)39-42-33(5,6)7/h23-26,28-29H,11-22H2,1-10H3. The van der Waals surface area contributed by atoms with Gasteiger partial charge in [0.05, 0.1) is 11.8 Å². The Kier molecular flexibility index (Phi) is 17.0. The fourth-order valence-corrected chi connectivity index (χ4v) is 4.89. The van der Waals surface area contributed by atoms with Crippen molar-refractivity contribution in [3.05, 3.63) is 12.2 Å². The molecular formula is C34H60O9. The molecule has 0 aromatic heterocycles. The van der Waals surface area contributed by atoms with E-state index in [1.165, 1.54) is 0 Å². The van der Waals surface area contributed by atoms with Gasteiger partial charge in [0.2, 0.25) is 0 Å². The van der Waals surface area contributed by atoms with Crippen LogP contribution >= 0.6 is 0 Å². The SMILES string of the molecule is CCCCCC1C=CC(CCCCCCCCC(=O)OOC(C)(C)C)C(C(=O)OOC(C)(C)C)C1C(=O)OOC(C)(C)C. The topological polar surface area (TPSA) is 107 Å². The zero-order chi connectivity index (χ0) is 32.7. The Morgan fingerprint density at radius 1 is 0.535 bits per heavy atom. The zero-order valence-corrected chi connectivity index (χ0v) is 28.6. The number of carbonyl (C=O) groups is 3. The molecule has 0 amide bonds. The fourth-order valence-electron chi connectivity index (χ4n) is 4.89. The van der Waals surface area contributed by atoms with E-state index in [9.17, 15) is 14.4 Å². The maximum atomic E-state index is 13.5. The summed E-state index contributed by atoms with van der Waals surface area (Å²) in [6.45, 7) is 18.4. The Balaban J connectivity index is 2.84. The van der Waals surface area contributed by atoms with Crippen LogP contribution in [0.25, 0.3) is 0 Å². The maximum absolute atomic E-state index is 13.5. The molecule has 0 N–H and O–H groups in total. The van der Waals surface area contributed by atoms with E-state index >= 15 is 0 Å². The molecule has 250 valence electrons. The first-order valence-electron chi connectivity index (χ1n) is 16.3. The molecule has 4 atom stereocenters. The molecule has 9 nitrogen and oxygen atoms in total. The molecule has 0 radical (unpaired) electrons. The number of carbonyl (C=O) groups excluding carboxylic acids is 3. The molecule has 0 aliphatic heterocycles. The van der Waals surface area contributed by atoms with Crippen molar-refractivity contribution >= 4 is 17.9 Å². The van der Waals surface area contributed by atoms with Gasteiger partial charge in [0, 0.05) is 6.42 Å². The molecule has 0 saturated heterocycles. The Labute approximate surface area is 260 Å². The molecule has 4 unspecified atom stereocenters. The lowest BCUT2D eigenvalue weighted by Crippen LogP contribution is -2.44. The fraction of sp³-hybridized carbons (Fsp3) is 0.853. The highest BCUT2D eigenvalue weighted by atomic mass is 17.2. The summed E-state index contributed by atoms with van der Waals surface area (Å²) >= 11 is 0. The largest absolute Gasteiger partial charge is 0.346 e. The summed E-state index contributed by atoms with van der Waals surface area (Å²) < 4.78 is 0. The van der Waals surface area contributed by atoms with Crippen LogP contribution in [-0.4, -0.2) is 34.7 Å². The van der Waals surface area contributed by atoms with Gasteiger partial charge in [-0.25, -0.2) is 14.4 Å². The normalized spacial score (nSPS) is 21.0. The Morgan fingerprint density at radius 3 is 1.33 bits per heavy atom. The average Bonchev–Trinajstić information content (AvgIpc) is 2.89. The highest BCUT2D eigenvalue weighted by molar-refractivity contribution is 5.83. The number of rotatable bonds is 18. The van der Waals surface area contributed by atoms with Crippen molar-refractivity contribution in [3.63, 3.8) is 0 Å². The second-order valence-corrected chi connectivity index (χ2v) is 14.8. The lowest BCUT2D eigenvalue weighted by molar-refractivity contribution is -0.331. The van der Waals surface area contributed by atoms with E-state index in [2.05, 4.69) is 19.1 Å². The van der Waals surface area contributed by atoms with Crippen molar-refractivity contribution in [2.45, 2.75) is 163 Å². The first-order valence-corrected chi connectivity index (χ1v) is 16.3. The maximum Gasteiger partial charge on any atom is 0.346 e. The van der Waals surface area contributed by atoms with Crippen LogP contribution in [0.1, 0.15) is 146 Å². The van der Waals surface area contributed by atoms with Crippen molar-refractivity contribution in [1.29, 1.82) is 0 Å². The summed E-state index contributed by atoms with van der Waals surface area (Å²) in [5, 5.41) is 0. The average molecular weight is 613 g/mol. The van der Waals surface area contributed by atoms with Gasteiger partial charge in [-0.05, 0) is 93.4 Å². The van der Waals surface area contributed by atoms with Crippen LogP contribution in [0.3, 0.4) is 0 Å². The van der Waals surface area contributed by atoms with Crippen LogP contribution in [0.4, 0.5) is 0 Å². The Morgan fingerprint density at radius 2 is 0.907 bits per heavy atom. The van der Waals surface area contributed by atoms with Gasteiger partial charge >= 0.3 is 17.9 Å². The van der Waals surface area contributed by atoms with Crippen molar-refractivity contribution in [2.24, 2.45) is 23.7 Å². The highest BCUT2D eigenvalue weighted by Gasteiger charge is 2.47. The summed E-state index contributed by atoms with van der Waals surface area (Å²) in [6, 6.07) is 0. The van der Waals surface area contributed by atoms with Gasteiger partial charge < -0.3 is 0 Å². The molecule has 0 aromatic carbocycles. The molecule has 0 fully saturated rings. The molecule has 43 heavy (non-hydrogen) atoms. The van der Waals surface area contributed by atoms with Gasteiger partial charge in [-0.2, -0.15) is 14.7 Å². The lowest BCUT2D eigenvalue weighted by Gasteiger charge is -2.37. The van der Waals surface area contributed by atoms with E-state index in [1.54, 1.807) is 41.5 Å². The van der Waals surface area contributed by atoms with Crippen LogP contribution in [0.15, 0.2) is 12.2 Å². The number of unbranched alkanes of at least 4 members (excludes halogenated alkanes) is 7. The minimum Gasteiger partial charge on any atom is -0.298 e. The van der Waals surface area contributed by atoms with Crippen molar-refractivity contribution in [2.75, 3.05) is 0 Å². The molecule has 0 aromatic rings. The molecule has 1 rings (SSSR count). The van der Waals surface area contributed by atoms with E-state index in [0.717, 1.165) is 70.6 Å². The van der Waals surface area contributed by atoms with Crippen LogP contribution < -0.4 is 0 Å². The molecule has 9 heteroatoms. The Bertz CT molecular complexity index is 861. The van der Waals surface area contributed by atoms with Crippen LogP contribution in [0.5, 0.6) is 0 Å². The number of hydrogen-bond donors (Lipinski definition) is 0. The van der Waals surface area contributed by atoms with Crippen LogP contribution in [-0.2, 0) is 43.7 Å². The third-order valence-corrected chi connectivity index (χ3v) is 6.90. The van der Waals surface area contributed by atoms with Gasteiger partial charge in [-0.3, -0.25) is 14.7 Å². The molecule has 0 spiro atoms. The minimum atomic E-state index is -0.739. The van der Waals surface area contributed by atoms with Crippen LogP contribution in [0, 0.1) is 23.7 Å². The number of allylic oxidation sites excluding steroid dienone is 2. The third kappa shape index (κ3) is 17.8.